The van der Waals surface area contributed by atoms with Crippen molar-refractivity contribution in [2.24, 2.45) is 0 Å². The molecule has 0 bridgehead atoms. The number of carbonyl (C=O) groups is 1. The minimum atomic E-state index is -4.01. The van der Waals surface area contributed by atoms with Crippen molar-refractivity contribution in [2.75, 3.05) is 5.32 Å². The summed E-state index contributed by atoms with van der Waals surface area (Å²) in [5.74, 6) is -1.99. The Balaban J connectivity index is 1.81. The molecule has 0 fully saturated rings. The maximum atomic E-state index is 14.0. The molecule has 0 saturated heterocycles. The van der Waals surface area contributed by atoms with Gasteiger partial charge in [-0.15, -0.1) is 0 Å². The highest BCUT2D eigenvalue weighted by Gasteiger charge is 2.20. The molecule has 27 heavy (non-hydrogen) atoms. The molecule has 2 N–H and O–H groups in total. The molecule has 0 saturated carbocycles. The van der Waals surface area contributed by atoms with Gasteiger partial charge < -0.3 is 9.73 Å². The molecule has 0 spiro atoms. The third kappa shape index (κ3) is 4.57. The summed E-state index contributed by atoms with van der Waals surface area (Å²) in [7, 11) is -4.01. The van der Waals surface area contributed by atoms with Gasteiger partial charge in [-0.05, 0) is 48.5 Å². The Morgan fingerprint density at radius 2 is 1.85 bits per heavy atom. The molecule has 2 aromatic carbocycles. The van der Waals surface area contributed by atoms with Crippen LogP contribution in [-0.2, 0) is 16.6 Å². The van der Waals surface area contributed by atoms with Gasteiger partial charge in [0.25, 0.3) is 5.91 Å². The zero-order chi connectivity index (χ0) is 19.4. The van der Waals surface area contributed by atoms with Gasteiger partial charge in [-0.1, -0.05) is 6.07 Å². The molecule has 1 amide bonds. The summed E-state index contributed by atoms with van der Waals surface area (Å²) in [6.07, 6.45) is 1.40. The number of carbonyl (C=O) groups excluding carboxylic acids is 1. The summed E-state index contributed by atoms with van der Waals surface area (Å²) in [4.78, 5) is 12.0. The normalized spacial score (nSPS) is 11.3. The van der Waals surface area contributed by atoms with E-state index in [-0.39, 0.29) is 17.1 Å². The molecule has 1 heterocycles. The predicted octanol–water partition coefficient (Wildman–Crippen LogP) is 3.29. The zero-order valence-electron chi connectivity index (χ0n) is 13.8. The van der Waals surface area contributed by atoms with Crippen LogP contribution >= 0.6 is 0 Å². The standard InChI is InChI=1S/C18H14F2N2O4S/c19-12-3-1-4-13(9-12)22-18(23)16-10-15(6-7-17(16)20)27(24,25)21-11-14-5-2-8-26-14/h1-10,21H,11H2,(H,22,23). The second kappa shape index (κ2) is 7.68. The summed E-state index contributed by atoms with van der Waals surface area (Å²) in [5, 5.41) is 2.32. The van der Waals surface area contributed by atoms with Crippen LogP contribution in [0, 0.1) is 11.6 Å². The lowest BCUT2D eigenvalue weighted by Crippen LogP contribution is -2.24. The van der Waals surface area contributed by atoms with Crippen LogP contribution in [0.4, 0.5) is 14.5 Å². The Morgan fingerprint density at radius 3 is 2.56 bits per heavy atom. The number of nitrogens with one attached hydrogen (secondary N) is 2. The van der Waals surface area contributed by atoms with E-state index < -0.39 is 33.1 Å². The summed E-state index contributed by atoms with van der Waals surface area (Å²) >= 11 is 0. The van der Waals surface area contributed by atoms with Gasteiger partial charge in [-0.2, -0.15) is 0 Å². The maximum Gasteiger partial charge on any atom is 0.258 e. The number of furan rings is 1. The van der Waals surface area contributed by atoms with Crippen LogP contribution in [0.1, 0.15) is 16.1 Å². The highest BCUT2D eigenvalue weighted by Crippen LogP contribution is 2.18. The Hall–Kier alpha value is -3.04. The molecule has 0 aliphatic heterocycles. The molecule has 1 aromatic heterocycles. The van der Waals surface area contributed by atoms with Gasteiger partial charge in [0.15, 0.2) is 0 Å². The molecule has 140 valence electrons. The van der Waals surface area contributed by atoms with Crippen LogP contribution < -0.4 is 10.0 Å². The number of halogens is 2. The van der Waals surface area contributed by atoms with E-state index in [2.05, 4.69) is 10.0 Å². The van der Waals surface area contributed by atoms with Crippen LogP contribution in [0.25, 0.3) is 0 Å². The molecular weight excluding hydrogens is 378 g/mol. The van der Waals surface area contributed by atoms with Crippen LogP contribution in [0.3, 0.4) is 0 Å². The molecule has 3 aromatic rings. The first-order chi connectivity index (χ1) is 12.8. The van der Waals surface area contributed by atoms with Crippen LogP contribution in [0.5, 0.6) is 0 Å². The third-order valence-electron chi connectivity index (χ3n) is 3.59. The Kier molecular flexibility index (Phi) is 5.33. The Labute approximate surface area is 153 Å². The molecule has 0 atom stereocenters. The number of anilines is 1. The maximum absolute atomic E-state index is 14.0. The van der Waals surface area contributed by atoms with Crippen molar-refractivity contribution >= 4 is 21.6 Å². The minimum Gasteiger partial charge on any atom is -0.468 e. The number of amides is 1. The lowest BCUT2D eigenvalue weighted by atomic mass is 10.2. The fraction of sp³-hybridized carbons (Fsp3) is 0.0556. The highest BCUT2D eigenvalue weighted by molar-refractivity contribution is 7.89. The van der Waals surface area contributed by atoms with Crippen molar-refractivity contribution in [1.29, 1.82) is 0 Å². The first-order valence-corrected chi connectivity index (χ1v) is 9.22. The van der Waals surface area contributed by atoms with Crippen molar-refractivity contribution < 1.29 is 26.4 Å². The van der Waals surface area contributed by atoms with E-state index in [0.29, 0.717) is 5.76 Å². The van der Waals surface area contributed by atoms with E-state index in [1.54, 1.807) is 12.1 Å². The van der Waals surface area contributed by atoms with E-state index in [9.17, 15) is 22.0 Å². The Morgan fingerprint density at radius 1 is 1.04 bits per heavy atom. The molecule has 0 aliphatic carbocycles. The molecule has 0 unspecified atom stereocenters. The van der Waals surface area contributed by atoms with E-state index in [1.165, 1.54) is 24.5 Å². The zero-order valence-corrected chi connectivity index (χ0v) is 14.6. The topological polar surface area (TPSA) is 88.4 Å². The summed E-state index contributed by atoms with van der Waals surface area (Å²) in [6.45, 7) is -0.0997. The van der Waals surface area contributed by atoms with Crippen molar-refractivity contribution in [1.82, 2.24) is 4.72 Å². The molecule has 3 rings (SSSR count). The monoisotopic (exact) mass is 392 g/mol. The lowest BCUT2D eigenvalue weighted by molar-refractivity contribution is 0.102. The van der Waals surface area contributed by atoms with Crippen molar-refractivity contribution in [3.8, 4) is 0 Å². The quantitative estimate of drug-likeness (QED) is 0.674. The molecule has 6 nitrogen and oxygen atoms in total. The van der Waals surface area contributed by atoms with Crippen molar-refractivity contribution in [3.05, 3.63) is 83.8 Å². The van der Waals surface area contributed by atoms with E-state index in [4.69, 9.17) is 4.42 Å². The average Bonchev–Trinajstić information content (AvgIpc) is 3.14. The summed E-state index contributed by atoms with van der Waals surface area (Å²) in [6, 6.07) is 11.1. The first-order valence-electron chi connectivity index (χ1n) is 7.74. The van der Waals surface area contributed by atoms with Gasteiger partial charge in [0.1, 0.15) is 17.4 Å². The number of hydrogen-bond donors (Lipinski definition) is 2. The minimum absolute atomic E-state index is 0.0997. The second-order valence-corrected chi connectivity index (χ2v) is 7.28. The Bertz CT molecular complexity index is 1070. The number of rotatable bonds is 6. The molecular formula is C18H14F2N2O4S. The summed E-state index contributed by atoms with van der Waals surface area (Å²) in [5.41, 5.74) is -0.372. The SMILES string of the molecule is O=C(Nc1cccc(F)c1)c1cc(S(=O)(=O)NCc2ccco2)ccc1F. The smallest absolute Gasteiger partial charge is 0.258 e. The number of hydrogen-bond acceptors (Lipinski definition) is 4. The molecule has 0 radical (unpaired) electrons. The largest absolute Gasteiger partial charge is 0.468 e. The fourth-order valence-electron chi connectivity index (χ4n) is 2.27. The van der Waals surface area contributed by atoms with Gasteiger partial charge in [0.05, 0.1) is 23.3 Å². The van der Waals surface area contributed by atoms with Crippen LogP contribution in [-0.4, -0.2) is 14.3 Å². The van der Waals surface area contributed by atoms with Gasteiger partial charge in [-0.3, -0.25) is 4.79 Å². The number of benzene rings is 2. The average molecular weight is 392 g/mol. The van der Waals surface area contributed by atoms with Crippen LogP contribution in [0.15, 0.2) is 70.2 Å². The van der Waals surface area contributed by atoms with Crippen LogP contribution in [0.2, 0.25) is 0 Å². The molecule has 0 aliphatic rings. The van der Waals surface area contributed by atoms with Gasteiger partial charge in [0, 0.05) is 5.69 Å². The molecule has 9 heteroatoms. The lowest BCUT2D eigenvalue weighted by Gasteiger charge is -2.09. The van der Waals surface area contributed by atoms with Gasteiger partial charge >= 0.3 is 0 Å². The summed E-state index contributed by atoms with van der Waals surface area (Å²) < 4.78 is 59.3. The van der Waals surface area contributed by atoms with Crippen molar-refractivity contribution in [3.63, 3.8) is 0 Å². The third-order valence-corrected chi connectivity index (χ3v) is 4.99. The van der Waals surface area contributed by atoms with E-state index >= 15 is 0 Å². The fourth-order valence-corrected chi connectivity index (χ4v) is 3.29. The number of sulfonamides is 1. The van der Waals surface area contributed by atoms with E-state index in [1.807, 2.05) is 0 Å². The first kappa shape index (κ1) is 18.7. The second-order valence-electron chi connectivity index (χ2n) is 5.51. The highest BCUT2D eigenvalue weighted by atomic mass is 32.2. The van der Waals surface area contributed by atoms with Gasteiger partial charge in [-0.25, -0.2) is 21.9 Å². The predicted molar refractivity (Wildman–Crippen MR) is 93.5 cm³/mol. The van der Waals surface area contributed by atoms with E-state index in [0.717, 1.165) is 24.3 Å². The van der Waals surface area contributed by atoms with Gasteiger partial charge in [0.2, 0.25) is 10.0 Å². The van der Waals surface area contributed by atoms with Crippen molar-refractivity contribution in [2.45, 2.75) is 11.4 Å².